The molecule has 2 unspecified atom stereocenters. The third-order valence-corrected chi connectivity index (χ3v) is 5.54. The maximum Gasteiger partial charge on any atom is 0.314 e. The molecule has 0 aliphatic carbocycles. The average Bonchev–Trinajstić information content (AvgIpc) is 3.30. The van der Waals surface area contributed by atoms with Crippen molar-refractivity contribution in [1.29, 1.82) is 0 Å². The molecule has 30 heavy (non-hydrogen) atoms. The van der Waals surface area contributed by atoms with Crippen LogP contribution in [0.1, 0.15) is 23.3 Å². The maximum absolute atomic E-state index is 12.8. The van der Waals surface area contributed by atoms with E-state index in [1.165, 1.54) is 28.4 Å². The van der Waals surface area contributed by atoms with E-state index in [9.17, 15) is 9.59 Å². The smallest absolute Gasteiger partial charge is 0.314 e. The lowest BCUT2D eigenvalue weighted by Gasteiger charge is -2.17. The Morgan fingerprint density at radius 3 is 1.30 bits per heavy atom. The molecule has 2 aliphatic heterocycles. The summed E-state index contributed by atoms with van der Waals surface area (Å²) in [5.41, 5.74) is 1.27. The Kier molecular flexibility index (Phi) is 5.15. The van der Waals surface area contributed by atoms with Crippen molar-refractivity contribution in [2.75, 3.05) is 28.4 Å². The van der Waals surface area contributed by atoms with Crippen LogP contribution in [0.25, 0.3) is 0 Å². The van der Waals surface area contributed by atoms with Gasteiger partial charge in [0.2, 0.25) is 0 Å². The molecule has 2 aliphatic rings. The predicted molar refractivity (Wildman–Crippen MR) is 104 cm³/mol. The molecule has 2 aromatic carbocycles. The summed E-state index contributed by atoms with van der Waals surface area (Å²) in [6.45, 7) is 0. The van der Waals surface area contributed by atoms with Crippen molar-refractivity contribution in [3.63, 3.8) is 0 Å². The molecule has 0 saturated carbocycles. The highest BCUT2D eigenvalue weighted by Gasteiger charge is 2.60. The van der Waals surface area contributed by atoms with E-state index in [1.54, 1.807) is 36.4 Å². The zero-order chi connectivity index (χ0) is 21.4. The number of esters is 2. The highest BCUT2D eigenvalue weighted by atomic mass is 16.6. The van der Waals surface area contributed by atoms with E-state index in [0.29, 0.717) is 34.1 Å². The summed E-state index contributed by atoms with van der Waals surface area (Å²) in [4.78, 5) is 25.5. The molecule has 2 saturated heterocycles. The molecular formula is C22H22O8. The van der Waals surface area contributed by atoms with Crippen molar-refractivity contribution < 1.29 is 38.0 Å². The molecule has 0 aromatic heterocycles. The number of fused-ring (bicyclic) bond motifs is 1. The van der Waals surface area contributed by atoms with Crippen molar-refractivity contribution in [1.82, 2.24) is 0 Å². The fourth-order valence-corrected chi connectivity index (χ4v) is 4.08. The quantitative estimate of drug-likeness (QED) is 0.667. The molecule has 4 atom stereocenters. The van der Waals surface area contributed by atoms with E-state index in [4.69, 9.17) is 28.4 Å². The summed E-state index contributed by atoms with van der Waals surface area (Å²) in [6.07, 6.45) is -1.53. The lowest BCUT2D eigenvalue weighted by atomic mass is 9.84. The number of methoxy groups -OCH3 is 4. The van der Waals surface area contributed by atoms with Crippen molar-refractivity contribution in [3.05, 3.63) is 47.5 Å². The van der Waals surface area contributed by atoms with E-state index >= 15 is 0 Å². The second-order valence-corrected chi connectivity index (χ2v) is 7.00. The third-order valence-electron chi connectivity index (χ3n) is 5.54. The van der Waals surface area contributed by atoms with Crippen LogP contribution >= 0.6 is 0 Å². The summed E-state index contributed by atoms with van der Waals surface area (Å²) < 4.78 is 32.4. The molecule has 8 heteroatoms. The summed E-state index contributed by atoms with van der Waals surface area (Å²) >= 11 is 0. The van der Waals surface area contributed by atoms with E-state index in [0.717, 1.165) is 0 Å². The van der Waals surface area contributed by atoms with Gasteiger partial charge in [-0.05, 0) is 35.4 Å². The van der Waals surface area contributed by atoms with Gasteiger partial charge in [0.1, 0.15) is 24.0 Å². The molecule has 2 fully saturated rings. The Hall–Kier alpha value is -3.42. The molecular weight excluding hydrogens is 392 g/mol. The number of carbonyl (C=O) groups excluding carboxylic acids is 2. The van der Waals surface area contributed by atoms with Gasteiger partial charge in [0.25, 0.3) is 0 Å². The van der Waals surface area contributed by atoms with Gasteiger partial charge in [-0.1, -0.05) is 12.1 Å². The number of hydrogen-bond donors (Lipinski definition) is 0. The molecule has 4 rings (SSSR count). The van der Waals surface area contributed by atoms with Gasteiger partial charge in [0.05, 0.1) is 28.4 Å². The van der Waals surface area contributed by atoms with Crippen LogP contribution < -0.4 is 18.9 Å². The number of hydrogen-bond acceptors (Lipinski definition) is 8. The second kappa shape index (κ2) is 7.78. The van der Waals surface area contributed by atoms with Crippen LogP contribution in [0.5, 0.6) is 23.0 Å². The summed E-state index contributed by atoms with van der Waals surface area (Å²) in [7, 11) is 6.10. The van der Waals surface area contributed by atoms with Gasteiger partial charge in [0, 0.05) is 0 Å². The second-order valence-electron chi connectivity index (χ2n) is 7.00. The minimum atomic E-state index is -0.764. The largest absolute Gasteiger partial charge is 0.493 e. The number of carbonyl (C=O) groups is 2. The topological polar surface area (TPSA) is 89.5 Å². The van der Waals surface area contributed by atoms with Gasteiger partial charge in [-0.3, -0.25) is 9.59 Å². The zero-order valence-electron chi connectivity index (χ0n) is 17.0. The third kappa shape index (κ3) is 3.08. The fourth-order valence-electron chi connectivity index (χ4n) is 4.08. The predicted octanol–water partition coefficient (Wildman–Crippen LogP) is 2.85. The Bertz CT molecular complexity index is 906. The molecule has 0 spiro atoms. The number of ether oxygens (including phenoxy) is 6. The van der Waals surface area contributed by atoms with Crippen molar-refractivity contribution in [3.8, 4) is 23.0 Å². The highest BCUT2D eigenvalue weighted by molar-refractivity contribution is 5.89. The molecule has 0 radical (unpaired) electrons. The lowest BCUT2D eigenvalue weighted by Crippen LogP contribution is -2.19. The van der Waals surface area contributed by atoms with Crippen LogP contribution in [-0.4, -0.2) is 40.4 Å². The van der Waals surface area contributed by atoms with Gasteiger partial charge >= 0.3 is 11.9 Å². The monoisotopic (exact) mass is 414 g/mol. The molecule has 8 nitrogen and oxygen atoms in total. The van der Waals surface area contributed by atoms with Crippen LogP contribution in [-0.2, 0) is 19.1 Å². The van der Waals surface area contributed by atoms with Crippen LogP contribution in [0, 0.1) is 11.8 Å². The van der Waals surface area contributed by atoms with Gasteiger partial charge in [-0.2, -0.15) is 0 Å². The molecule has 2 aromatic rings. The lowest BCUT2D eigenvalue weighted by molar-refractivity contribution is -0.154. The first kappa shape index (κ1) is 19.9. The van der Waals surface area contributed by atoms with Gasteiger partial charge in [0.15, 0.2) is 23.0 Å². The van der Waals surface area contributed by atoms with Crippen molar-refractivity contribution >= 4 is 11.9 Å². The average molecular weight is 414 g/mol. The first-order chi connectivity index (χ1) is 14.5. The zero-order valence-corrected chi connectivity index (χ0v) is 17.0. The molecule has 0 amide bonds. The molecule has 158 valence electrons. The summed E-state index contributed by atoms with van der Waals surface area (Å²) in [5.74, 6) is -0.425. The normalized spacial score (nSPS) is 24.7. The number of benzene rings is 2. The van der Waals surface area contributed by atoms with E-state index in [1.807, 2.05) is 0 Å². The van der Waals surface area contributed by atoms with Crippen LogP contribution in [0.4, 0.5) is 0 Å². The number of cyclic esters (lactones) is 2. The highest BCUT2D eigenvalue weighted by Crippen LogP contribution is 2.52. The Balaban J connectivity index is 1.68. The SMILES string of the molecule is COc1ccc([C@H]2OC(=O)C3C2C(=O)O[C@@H]3c2ccc(OC)c(OC)c2)cc1OC. The molecule has 0 N–H and O–H groups in total. The van der Waals surface area contributed by atoms with E-state index < -0.39 is 36.0 Å². The van der Waals surface area contributed by atoms with Gasteiger partial charge in [-0.15, -0.1) is 0 Å². The Labute approximate surface area is 173 Å². The van der Waals surface area contributed by atoms with Gasteiger partial charge < -0.3 is 28.4 Å². The first-order valence-electron chi connectivity index (χ1n) is 9.37. The molecule has 2 heterocycles. The van der Waals surface area contributed by atoms with Crippen LogP contribution in [0.3, 0.4) is 0 Å². The molecule has 0 bridgehead atoms. The van der Waals surface area contributed by atoms with Gasteiger partial charge in [-0.25, -0.2) is 0 Å². The van der Waals surface area contributed by atoms with E-state index in [-0.39, 0.29) is 0 Å². The van der Waals surface area contributed by atoms with E-state index in [2.05, 4.69) is 0 Å². The first-order valence-corrected chi connectivity index (χ1v) is 9.37. The maximum atomic E-state index is 12.8. The minimum Gasteiger partial charge on any atom is -0.493 e. The van der Waals surface area contributed by atoms with Crippen LogP contribution in [0.15, 0.2) is 36.4 Å². The standard InChI is InChI=1S/C22H22O8/c1-25-13-7-5-11(9-15(13)27-3)19-17-18(22(24)29-19)20(30-21(17)23)12-6-8-14(26-2)16(10-12)28-4/h5-10,17-20H,1-4H3/t17?,18?,19-,20-/m1/s1. The van der Waals surface area contributed by atoms with Crippen LogP contribution in [0.2, 0.25) is 0 Å². The summed E-state index contributed by atoms with van der Waals surface area (Å²) in [5, 5.41) is 0. The Morgan fingerprint density at radius 2 is 0.967 bits per heavy atom. The van der Waals surface area contributed by atoms with Crippen molar-refractivity contribution in [2.45, 2.75) is 12.2 Å². The van der Waals surface area contributed by atoms with Crippen molar-refractivity contribution in [2.24, 2.45) is 11.8 Å². The Morgan fingerprint density at radius 1 is 0.600 bits per heavy atom. The fraction of sp³-hybridized carbons (Fsp3) is 0.364. The number of rotatable bonds is 6. The minimum absolute atomic E-state index is 0.481. The summed E-state index contributed by atoms with van der Waals surface area (Å²) in [6, 6.07) is 10.3.